The van der Waals surface area contributed by atoms with Gasteiger partial charge in [-0.15, -0.1) is 0 Å². The van der Waals surface area contributed by atoms with Crippen molar-refractivity contribution in [3.8, 4) is 0 Å². The van der Waals surface area contributed by atoms with Crippen molar-refractivity contribution in [2.24, 2.45) is 0 Å². The standard InChI is InChI=1S/C20H29N3O3/c1-23(17-9-3-2-4-10-17)20(25)21-14-15-7-5-8-16(13-15)22-19(24)18-11-6-12-26-18/h5,7-8,13,17-18H,2-4,6,9-12,14H2,1H3,(H,21,25)(H,22,24). The predicted octanol–water partition coefficient (Wildman–Crippen LogP) is 3.28. The molecule has 26 heavy (non-hydrogen) atoms. The number of anilines is 1. The van der Waals surface area contributed by atoms with Gasteiger partial charge in [0.05, 0.1) is 0 Å². The molecule has 2 fully saturated rings. The topological polar surface area (TPSA) is 70.7 Å². The highest BCUT2D eigenvalue weighted by Gasteiger charge is 2.24. The van der Waals surface area contributed by atoms with E-state index >= 15 is 0 Å². The molecule has 3 rings (SSSR count). The number of nitrogens with one attached hydrogen (secondary N) is 2. The first-order valence-electron chi connectivity index (χ1n) is 9.65. The Morgan fingerprint density at radius 1 is 1.15 bits per heavy atom. The Balaban J connectivity index is 1.50. The summed E-state index contributed by atoms with van der Waals surface area (Å²) in [4.78, 5) is 26.4. The Bertz CT molecular complexity index is 622. The van der Waals surface area contributed by atoms with E-state index in [9.17, 15) is 9.59 Å². The van der Waals surface area contributed by atoms with Gasteiger partial charge < -0.3 is 20.3 Å². The molecule has 1 atom stereocenters. The molecular weight excluding hydrogens is 330 g/mol. The van der Waals surface area contributed by atoms with Gasteiger partial charge in [0.25, 0.3) is 5.91 Å². The van der Waals surface area contributed by atoms with Gasteiger partial charge in [-0.25, -0.2) is 4.79 Å². The van der Waals surface area contributed by atoms with Crippen molar-refractivity contribution in [2.75, 3.05) is 19.0 Å². The van der Waals surface area contributed by atoms with Gasteiger partial charge in [0.1, 0.15) is 6.10 Å². The van der Waals surface area contributed by atoms with Gasteiger partial charge in [-0.2, -0.15) is 0 Å². The Morgan fingerprint density at radius 3 is 2.69 bits per heavy atom. The second kappa shape index (κ2) is 9.03. The molecule has 1 aromatic carbocycles. The fraction of sp³-hybridized carbons (Fsp3) is 0.600. The van der Waals surface area contributed by atoms with E-state index in [-0.39, 0.29) is 18.0 Å². The number of amides is 3. The van der Waals surface area contributed by atoms with Gasteiger partial charge in [-0.1, -0.05) is 31.4 Å². The van der Waals surface area contributed by atoms with Crippen LogP contribution in [0.25, 0.3) is 0 Å². The Kier molecular flexibility index (Phi) is 6.50. The molecule has 0 spiro atoms. The fourth-order valence-corrected chi connectivity index (χ4v) is 3.70. The molecule has 2 aliphatic rings. The lowest BCUT2D eigenvalue weighted by Gasteiger charge is -2.31. The summed E-state index contributed by atoms with van der Waals surface area (Å²) in [6, 6.07) is 7.90. The number of nitrogens with zero attached hydrogens (tertiary/aromatic N) is 1. The number of carbonyl (C=O) groups is 2. The number of urea groups is 1. The van der Waals surface area contributed by atoms with Crippen LogP contribution in [0.5, 0.6) is 0 Å². The molecule has 1 aliphatic heterocycles. The Morgan fingerprint density at radius 2 is 1.96 bits per heavy atom. The number of ether oxygens (including phenoxy) is 1. The highest BCUT2D eigenvalue weighted by Crippen LogP contribution is 2.21. The Hall–Kier alpha value is -2.08. The highest BCUT2D eigenvalue weighted by atomic mass is 16.5. The van der Waals surface area contributed by atoms with Crippen LogP contribution in [0.3, 0.4) is 0 Å². The summed E-state index contributed by atoms with van der Waals surface area (Å²) in [5, 5.41) is 5.88. The summed E-state index contributed by atoms with van der Waals surface area (Å²) < 4.78 is 5.41. The third kappa shape index (κ3) is 4.97. The molecule has 1 saturated carbocycles. The second-order valence-corrected chi connectivity index (χ2v) is 7.25. The van der Waals surface area contributed by atoms with Crippen LogP contribution >= 0.6 is 0 Å². The van der Waals surface area contributed by atoms with Gasteiger partial charge >= 0.3 is 6.03 Å². The van der Waals surface area contributed by atoms with Gasteiger partial charge in [0, 0.05) is 31.9 Å². The van der Waals surface area contributed by atoms with E-state index in [1.54, 1.807) is 0 Å². The molecule has 6 heteroatoms. The minimum Gasteiger partial charge on any atom is -0.368 e. The zero-order chi connectivity index (χ0) is 18.4. The van der Waals surface area contributed by atoms with E-state index in [0.717, 1.165) is 36.9 Å². The van der Waals surface area contributed by atoms with Crippen molar-refractivity contribution in [1.29, 1.82) is 0 Å². The van der Waals surface area contributed by atoms with Crippen LogP contribution in [-0.4, -0.2) is 42.6 Å². The SMILES string of the molecule is CN(C(=O)NCc1cccc(NC(=O)C2CCCO2)c1)C1CCCCC1. The minimum absolute atomic E-state index is 0.0364. The summed E-state index contributed by atoms with van der Waals surface area (Å²) >= 11 is 0. The molecule has 142 valence electrons. The van der Waals surface area contributed by atoms with Crippen LogP contribution in [0.1, 0.15) is 50.5 Å². The van der Waals surface area contributed by atoms with Crippen molar-refractivity contribution >= 4 is 17.6 Å². The van der Waals surface area contributed by atoms with Crippen LogP contribution < -0.4 is 10.6 Å². The second-order valence-electron chi connectivity index (χ2n) is 7.25. The number of hydrogen-bond donors (Lipinski definition) is 2. The fourth-order valence-electron chi connectivity index (χ4n) is 3.70. The van der Waals surface area contributed by atoms with E-state index in [4.69, 9.17) is 4.74 Å². The Labute approximate surface area is 155 Å². The van der Waals surface area contributed by atoms with Crippen molar-refractivity contribution in [2.45, 2.75) is 63.6 Å². The molecule has 2 N–H and O–H groups in total. The quantitative estimate of drug-likeness (QED) is 0.847. The maximum absolute atomic E-state index is 12.4. The number of benzene rings is 1. The molecule has 0 bridgehead atoms. The first-order chi connectivity index (χ1) is 12.6. The van der Waals surface area contributed by atoms with Gasteiger partial charge in [-0.05, 0) is 43.4 Å². The summed E-state index contributed by atoms with van der Waals surface area (Å²) in [5.74, 6) is -0.0966. The lowest BCUT2D eigenvalue weighted by Crippen LogP contribution is -2.44. The number of hydrogen-bond acceptors (Lipinski definition) is 3. The highest BCUT2D eigenvalue weighted by molar-refractivity contribution is 5.94. The van der Waals surface area contributed by atoms with Crippen LogP contribution in [0.15, 0.2) is 24.3 Å². The zero-order valence-electron chi connectivity index (χ0n) is 15.5. The minimum atomic E-state index is -0.345. The molecule has 1 heterocycles. The van der Waals surface area contributed by atoms with Crippen LogP contribution in [0.4, 0.5) is 10.5 Å². The average molecular weight is 359 g/mol. The monoisotopic (exact) mass is 359 g/mol. The molecule has 1 unspecified atom stereocenters. The molecule has 0 radical (unpaired) electrons. The van der Waals surface area contributed by atoms with Gasteiger partial charge in [0.2, 0.25) is 0 Å². The molecule has 1 aromatic rings. The van der Waals surface area contributed by atoms with E-state index < -0.39 is 0 Å². The van der Waals surface area contributed by atoms with Crippen LogP contribution in [-0.2, 0) is 16.1 Å². The largest absolute Gasteiger partial charge is 0.368 e. The van der Waals surface area contributed by atoms with Gasteiger partial charge in [-0.3, -0.25) is 4.79 Å². The lowest BCUT2D eigenvalue weighted by molar-refractivity contribution is -0.124. The van der Waals surface area contributed by atoms with E-state index in [1.807, 2.05) is 36.2 Å². The summed E-state index contributed by atoms with van der Waals surface area (Å²) in [7, 11) is 1.88. The smallest absolute Gasteiger partial charge is 0.317 e. The molecule has 3 amide bonds. The van der Waals surface area contributed by atoms with Crippen molar-refractivity contribution in [3.63, 3.8) is 0 Å². The molecule has 1 aliphatic carbocycles. The first kappa shape index (κ1) is 18.7. The third-order valence-electron chi connectivity index (χ3n) is 5.30. The summed E-state index contributed by atoms with van der Waals surface area (Å²) in [6.45, 7) is 1.10. The molecule has 0 aromatic heterocycles. The number of carbonyl (C=O) groups excluding carboxylic acids is 2. The average Bonchev–Trinajstić information content (AvgIpc) is 3.21. The van der Waals surface area contributed by atoms with E-state index in [0.29, 0.717) is 19.2 Å². The van der Waals surface area contributed by atoms with Crippen molar-refractivity contribution in [3.05, 3.63) is 29.8 Å². The van der Waals surface area contributed by atoms with Crippen molar-refractivity contribution in [1.82, 2.24) is 10.2 Å². The molecule has 1 saturated heterocycles. The maximum atomic E-state index is 12.4. The van der Waals surface area contributed by atoms with Crippen molar-refractivity contribution < 1.29 is 14.3 Å². The molecule has 6 nitrogen and oxygen atoms in total. The summed E-state index contributed by atoms with van der Waals surface area (Å²) in [6.07, 6.45) is 7.22. The lowest BCUT2D eigenvalue weighted by atomic mass is 9.95. The van der Waals surface area contributed by atoms with Crippen LogP contribution in [0.2, 0.25) is 0 Å². The van der Waals surface area contributed by atoms with E-state index in [2.05, 4.69) is 10.6 Å². The van der Waals surface area contributed by atoms with E-state index in [1.165, 1.54) is 19.3 Å². The summed E-state index contributed by atoms with van der Waals surface area (Å²) in [5.41, 5.74) is 1.69. The normalized spacial score (nSPS) is 20.6. The first-order valence-corrected chi connectivity index (χ1v) is 9.65. The van der Waals surface area contributed by atoms with Crippen LogP contribution in [0, 0.1) is 0 Å². The third-order valence-corrected chi connectivity index (χ3v) is 5.30. The predicted molar refractivity (Wildman–Crippen MR) is 101 cm³/mol. The number of rotatable bonds is 5. The maximum Gasteiger partial charge on any atom is 0.317 e. The molecular formula is C20H29N3O3. The zero-order valence-corrected chi connectivity index (χ0v) is 15.5. The van der Waals surface area contributed by atoms with Gasteiger partial charge in [0.15, 0.2) is 0 Å².